The van der Waals surface area contributed by atoms with Crippen molar-refractivity contribution in [2.45, 2.75) is 154 Å². The normalized spacial score (nSPS) is 19.6. The van der Waals surface area contributed by atoms with E-state index in [4.69, 9.17) is 30.8 Å². The predicted octanol–water partition coefficient (Wildman–Crippen LogP) is 1.40. The summed E-state index contributed by atoms with van der Waals surface area (Å²) in [4.78, 5) is 165. The molecule has 6 atom stereocenters. The molecule has 3 aromatic carbocycles. The minimum atomic E-state index is -2.09. The van der Waals surface area contributed by atoms with Gasteiger partial charge in [0, 0.05) is 60.8 Å². The Balaban J connectivity index is 0.929. The number of esters is 2. The van der Waals surface area contributed by atoms with Crippen molar-refractivity contribution in [2.24, 2.45) is 27.5 Å². The molecule has 1 fully saturated rings. The van der Waals surface area contributed by atoms with E-state index in [-0.39, 0.29) is 88.3 Å². The van der Waals surface area contributed by atoms with E-state index in [2.05, 4.69) is 47.4 Å². The predicted molar refractivity (Wildman–Crippen MR) is 338 cm³/mol. The molecule has 28 nitrogen and oxygen atoms in total. The lowest BCUT2D eigenvalue weighted by Crippen LogP contribution is -2.58. The quantitative estimate of drug-likeness (QED) is 0.0151. The van der Waals surface area contributed by atoms with Crippen LogP contribution >= 0.6 is 0 Å². The monoisotopic (exact) mass is 1280 g/mol. The van der Waals surface area contributed by atoms with Crippen molar-refractivity contribution < 1.29 is 67.4 Å². The molecular formula is C65H77N13O15. The highest BCUT2D eigenvalue weighted by Gasteiger charge is 2.52. The third kappa shape index (κ3) is 17.3. The summed E-state index contributed by atoms with van der Waals surface area (Å²) >= 11 is 0. The first-order valence-electron chi connectivity index (χ1n) is 30.5. The van der Waals surface area contributed by atoms with Crippen molar-refractivity contribution in [3.8, 4) is 11.4 Å². The molecule has 2 aromatic heterocycles. The maximum absolute atomic E-state index is 14.5. The van der Waals surface area contributed by atoms with Crippen LogP contribution < -0.4 is 54.2 Å². The second-order valence-corrected chi connectivity index (χ2v) is 24.1. The van der Waals surface area contributed by atoms with Crippen molar-refractivity contribution in [1.29, 1.82) is 0 Å². The SMILES string of the molecule is CC[C@@]1(OC(=O)[C@@H](NC(=O)CCC(=O)NCc2ccc(C[C@@H]3NC(=O)[C@H](CCCN=C(N)N)NC(=O)CNC(=O)[C@H](CC(=O)O)NC(=O)[C@@H](Cc4ccccc4)NC3=O)cc2)C(C)C)C(=O)OCc2c1cc1n(c2=O)Cc2c-1nc1ccccc1c2/C=N/OC(C)(C)C. The topological polar surface area (TPSA) is 414 Å². The Morgan fingerprint density at radius 1 is 0.806 bits per heavy atom. The lowest BCUT2D eigenvalue weighted by atomic mass is 9.85. The molecular weight excluding hydrogens is 1200 g/mol. The molecule has 93 heavy (non-hydrogen) atoms. The number of hydrogen-bond donors (Lipinski definition) is 10. The highest BCUT2D eigenvalue weighted by Crippen LogP contribution is 2.42. The highest BCUT2D eigenvalue weighted by atomic mass is 16.6. The average Bonchev–Trinajstić information content (AvgIpc) is 1.65. The molecule has 3 aliphatic heterocycles. The first-order valence-corrected chi connectivity index (χ1v) is 30.5. The number of rotatable bonds is 22. The lowest BCUT2D eigenvalue weighted by molar-refractivity contribution is -0.191. The number of nitrogens with zero attached hydrogens (tertiary/aromatic N) is 4. The van der Waals surface area contributed by atoms with Crippen molar-refractivity contribution in [3.05, 3.63) is 134 Å². The fraction of sp³-hybridized carbons (Fsp3) is 0.415. The Hall–Kier alpha value is -10.5. The molecule has 28 heteroatoms. The van der Waals surface area contributed by atoms with E-state index in [0.717, 1.165) is 5.39 Å². The molecule has 5 heterocycles. The zero-order chi connectivity index (χ0) is 67.3. The number of nitrogens with one attached hydrogen (secondary N) is 7. The number of hydrogen-bond acceptors (Lipinski definition) is 17. The molecule has 0 spiro atoms. The number of carbonyl (C=O) groups excluding carboxylic acids is 9. The Morgan fingerprint density at radius 3 is 2.08 bits per heavy atom. The van der Waals surface area contributed by atoms with Gasteiger partial charge in [0.05, 0.1) is 48.2 Å². The fourth-order valence-corrected chi connectivity index (χ4v) is 10.9. The third-order valence-electron chi connectivity index (χ3n) is 15.7. The van der Waals surface area contributed by atoms with E-state index in [1.807, 2.05) is 45.0 Å². The number of aliphatic imine (C=N–C) groups is 1. The number of benzene rings is 3. The molecule has 0 bridgehead atoms. The van der Waals surface area contributed by atoms with Crippen LogP contribution in [0.4, 0.5) is 0 Å². The van der Waals surface area contributed by atoms with Gasteiger partial charge in [-0.25, -0.2) is 14.6 Å². The van der Waals surface area contributed by atoms with Crippen LogP contribution in [0, 0.1) is 5.92 Å². The van der Waals surface area contributed by atoms with Gasteiger partial charge in [0.2, 0.25) is 47.0 Å². The summed E-state index contributed by atoms with van der Waals surface area (Å²) in [6.45, 7) is 9.62. The Labute approximate surface area is 534 Å². The Morgan fingerprint density at radius 2 is 1.43 bits per heavy atom. The number of pyridine rings is 2. The molecule has 8 rings (SSSR count). The van der Waals surface area contributed by atoms with Gasteiger partial charge in [-0.15, -0.1) is 0 Å². The third-order valence-corrected chi connectivity index (χ3v) is 15.7. The number of ether oxygens (including phenoxy) is 2. The molecule has 3 aliphatic rings. The number of nitrogens with two attached hydrogens (primary N) is 2. The summed E-state index contributed by atoms with van der Waals surface area (Å²) in [6.07, 6.45) is -0.202. The molecule has 492 valence electrons. The van der Waals surface area contributed by atoms with Gasteiger partial charge >= 0.3 is 17.9 Å². The van der Waals surface area contributed by atoms with Gasteiger partial charge < -0.3 is 72.7 Å². The van der Waals surface area contributed by atoms with Crippen LogP contribution in [0.3, 0.4) is 0 Å². The van der Waals surface area contributed by atoms with Gasteiger partial charge in [0.15, 0.2) is 5.96 Å². The van der Waals surface area contributed by atoms with Crippen molar-refractivity contribution in [1.82, 2.24) is 46.8 Å². The van der Waals surface area contributed by atoms with Crippen molar-refractivity contribution in [3.63, 3.8) is 0 Å². The highest BCUT2D eigenvalue weighted by molar-refractivity contribution is 6.03. The van der Waals surface area contributed by atoms with Gasteiger partial charge in [-0.05, 0) is 74.8 Å². The van der Waals surface area contributed by atoms with Crippen LogP contribution in [-0.4, -0.2) is 135 Å². The summed E-state index contributed by atoms with van der Waals surface area (Å²) in [6, 6.07) is 17.1. The van der Waals surface area contributed by atoms with E-state index in [0.29, 0.717) is 44.7 Å². The number of aromatic nitrogens is 2. The van der Waals surface area contributed by atoms with Crippen LogP contribution in [0.1, 0.15) is 119 Å². The zero-order valence-electron chi connectivity index (χ0n) is 52.4. The number of oxime groups is 1. The summed E-state index contributed by atoms with van der Waals surface area (Å²) in [5, 5.41) is 32.7. The van der Waals surface area contributed by atoms with E-state index in [9.17, 15) is 57.8 Å². The number of carbonyl (C=O) groups is 10. The number of para-hydroxylation sites is 1. The molecule has 7 amide bonds. The summed E-state index contributed by atoms with van der Waals surface area (Å²) < 4.78 is 13.3. The van der Waals surface area contributed by atoms with Gasteiger partial charge in [0.1, 0.15) is 42.4 Å². The van der Waals surface area contributed by atoms with Crippen molar-refractivity contribution in [2.75, 3.05) is 13.1 Å². The first-order chi connectivity index (χ1) is 44.2. The number of amides is 7. The standard InChI is InChI=1S/C65H77N13O15/c1-7-65(43-28-49-55-41(33-78(49)60(88)42(43)34-91-62(65)90)40(31-71-93-64(4,5)6)39-16-11-12-17-44(39)73-55)92-61(89)54(35(2)3)77-51(80)24-23-50(79)69-30-38-21-19-37(20-22-38)27-47-58(86)75-46(26-36-14-9-8-10-15-36)59(87)76-48(29-53(82)83)56(84)70-32-52(81)72-45(57(85)74-47)18-13-25-68-63(66)67/h8-12,14-17,19-22,28,31,35,45-48,54H,7,13,18,23-27,29-30,32-34H2,1-6H3,(H,69,79)(H,70,84)(H,72,81)(H,74,85)(H,75,86)(H,76,87)(H,77,80)(H,82,83)(H4,66,67,68)/b71-31+/t45-,46+,47-,48-,54-,65-/m0/s1. The smallest absolute Gasteiger partial charge is 0.355 e. The minimum Gasteiger partial charge on any atom is -0.481 e. The molecule has 0 radical (unpaired) electrons. The number of cyclic esters (lactones) is 1. The summed E-state index contributed by atoms with van der Waals surface area (Å²) in [5.74, 6) is -9.73. The Bertz CT molecular complexity index is 3820. The molecule has 0 saturated carbocycles. The van der Waals surface area contributed by atoms with E-state index in [1.54, 1.807) is 87.6 Å². The van der Waals surface area contributed by atoms with Gasteiger partial charge in [0.25, 0.3) is 5.56 Å². The number of fused-ring (bicyclic) bond motifs is 5. The van der Waals surface area contributed by atoms with Crippen LogP contribution in [0.25, 0.3) is 22.3 Å². The van der Waals surface area contributed by atoms with Crippen molar-refractivity contribution >= 4 is 82.3 Å². The number of aliphatic carboxylic acids is 1. The minimum absolute atomic E-state index is 0.0103. The maximum atomic E-state index is 14.5. The first kappa shape index (κ1) is 68.4. The zero-order valence-corrected chi connectivity index (χ0v) is 52.4. The number of carboxylic acids is 1. The maximum Gasteiger partial charge on any atom is 0.355 e. The Kier molecular flexibility index (Phi) is 22.1. The van der Waals surface area contributed by atoms with Gasteiger partial charge in [-0.3, -0.25) is 48.1 Å². The van der Waals surface area contributed by atoms with Gasteiger partial charge in [-0.2, -0.15) is 0 Å². The average molecular weight is 1280 g/mol. The summed E-state index contributed by atoms with van der Waals surface area (Å²) in [5.41, 5.74) is 12.6. The van der Waals surface area contributed by atoms with E-state index in [1.165, 1.54) is 4.57 Å². The summed E-state index contributed by atoms with van der Waals surface area (Å²) in [7, 11) is 0. The number of guanidine groups is 1. The molecule has 5 aromatic rings. The number of carboxylic acid groups (broad SMARTS) is 1. The van der Waals surface area contributed by atoms with Crippen LogP contribution in [0.5, 0.6) is 0 Å². The second kappa shape index (κ2) is 30.1. The van der Waals surface area contributed by atoms with Crippen LogP contribution in [0.15, 0.2) is 99.9 Å². The molecule has 12 N–H and O–H groups in total. The van der Waals surface area contributed by atoms with E-state index < -0.39 is 125 Å². The second-order valence-electron chi connectivity index (χ2n) is 24.1. The largest absolute Gasteiger partial charge is 0.481 e. The molecule has 0 unspecified atom stereocenters. The van der Waals surface area contributed by atoms with Crippen LogP contribution in [-0.2, 0) is 100 Å². The van der Waals surface area contributed by atoms with Crippen LogP contribution in [0.2, 0.25) is 0 Å². The fourth-order valence-electron chi connectivity index (χ4n) is 10.9. The molecule has 0 aliphatic carbocycles. The van der Waals surface area contributed by atoms with E-state index >= 15 is 0 Å². The molecule has 1 saturated heterocycles. The lowest BCUT2D eigenvalue weighted by Gasteiger charge is -2.37. The van der Waals surface area contributed by atoms with Gasteiger partial charge in [-0.1, -0.05) is 98.7 Å².